The Labute approximate surface area is 403 Å². The van der Waals surface area contributed by atoms with Crippen LogP contribution in [-0.2, 0) is 4.79 Å². The number of aromatic nitrogens is 3. The van der Waals surface area contributed by atoms with Gasteiger partial charge in [-0.2, -0.15) is 9.97 Å². The molecule has 17 heteroatoms. The zero-order chi connectivity index (χ0) is 47.6. The molecule has 4 amide bonds. The van der Waals surface area contributed by atoms with Crippen molar-refractivity contribution in [1.82, 2.24) is 35.4 Å². The van der Waals surface area contributed by atoms with Crippen LogP contribution in [0.3, 0.4) is 0 Å². The molecule has 6 aliphatic rings. The van der Waals surface area contributed by atoms with Crippen LogP contribution in [0.4, 0.5) is 25.1 Å². The van der Waals surface area contributed by atoms with Crippen molar-refractivity contribution in [1.29, 1.82) is 0 Å². The van der Waals surface area contributed by atoms with Crippen LogP contribution < -0.4 is 25.2 Å². The number of carbonyl (C=O) groups excluding carboxylic acids is 3. The Hall–Kier alpha value is -6.15. The first-order chi connectivity index (χ1) is 33.4. The van der Waals surface area contributed by atoms with Gasteiger partial charge in [-0.25, -0.2) is 13.6 Å². The van der Waals surface area contributed by atoms with Crippen molar-refractivity contribution in [3.63, 3.8) is 0 Å². The highest BCUT2D eigenvalue weighted by Crippen LogP contribution is 2.47. The summed E-state index contributed by atoms with van der Waals surface area (Å²) >= 11 is 6.46. The van der Waals surface area contributed by atoms with Gasteiger partial charge in [0.2, 0.25) is 5.91 Å². The van der Waals surface area contributed by atoms with Crippen molar-refractivity contribution in [3.8, 4) is 35.4 Å². The molecule has 5 saturated heterocycles. The molecule has 1 aliphatic carbocycles. The van der Waals surface area contributed by atoms with Gasteiger partial charge in [0.25, 0.3) is 5.91 Å². The number of phenolic OH excluding ortho intramolecular Hbond substituents is 1. The number of nitrogens with zero attached hydrogens (tertiary/aromatic N) is 7. The van der Waals surface area contributed by atoms with Crippen LogP contribution in [0.15, 0.2) is 48.7 Å². The number of imide groups is 1. The molecule has 2 bridgehead atoms. The number of ether oxygens (including phenoxy) is 1. The molecule has 5 aromatic rings. The lowest BCUT2D eigenvalue weighted by atomic mass is 9.65. The number of hydrogen-bond donors (Lipinski definition) is 3. The smallest absolute Gasteiger partial charge is 0.328 e. The highest BCUT2D eigenvalue weighted by Gasteiger charge is 2.41. The predicted molar refractivity (Wildman–Crippen MR) is 259 cm³/mol. The normalized spacial score (nSPS) is 23.0. The largest absolute Gasteiger partial charge is 0.508 e. The van der Waals surface area contributed by atoms with Gasteiger partial charge in [-0.05, 0) is 124 Å². The topological polar surface area (TPSA) is 156 Å². The maximum Gasteiger partial charge on any atom is 0.328 e. The third-order valence-electron chi connectivity index (χ3n) is 15.8. The fourth-order valence-corrected chi connectivity index (χ4v) is 12.3. The number of terminal acetylenes is 1. The second kappa shape index (κ2) is 18.3. The molecule has 3 N–H and O–H groups in total. The first-order valence-electron chi connectivity index (χ1n) is 24.3. The zero-order valence-corrected chi connectivity index (χ0v) is 39.0. The van der Waals surface area contributed by atoms with Crippen molar-refractivity contribution in [2.24, 2.45) is 11.3 Å². The summed E-state index contributed by atoms with van der Waals surface area (Å²) in [6.45, 7) is 5.20. The van der Waals surface area contributed by atoms with Gasteiger partial charge in [-0.3, -0.25) is 29.7 Å². The quantitative estimate of drug-likeness (QED) is 0.124. The number of urea groups is 1. The van der Waals surface area contributed by atoms with E-state index in [0.717, 1.165) is 77.3 Å². The molecule has 1 spiro atoms. The molecule has 3 atom stereocenters. The van der Waals surface area contributed by atoms with Crippen LogP contribution >= 0.6 is 11.6 Å². The molecule has 2 aromatic heterocycles. The number of fused-ring (bicyclic) bond motifs is 4. The first kappa shape index (κ1) is 45.3. The number of nitrogens with one attached hydrogen (secondary N) is 2. The molecule has 2 unspecified atom stereocenters. The van der Waals surface area contributed by atoms with Crippen molar-refractivity contribution in [3.05, 3.63) is 76.4 Å². The Morgan fingerprint density at radius 1 is 0.957 bits per heavy atom. The van der Waals surface area contributed by atoms with Crippen molar-refractivity contribution in [2.75, 3.05) is 62.2 Å². The number of amides is 4. The SMILES string of the molecule is C#Cc1c(F)ccc2cc(O)cc(-c3ncc4c(N5CC6CCC(C5)N6)nc(OC[C@@H]5CCCN5CC5CCC6(CC5)CCN(C(=O)c5ccc(Cl)c(N7CCC(=O)NC7=O)c5)CC6)nc4c3F)c12. The molecule has 5 aliphatic heterocycles. The highest BCUT2D eigenvalue weighted by molar-refractivity contribution is 6.34. The van der Waals surface area contributed by atoms with E-state index in [0.29, 0.717) is 71.6 Å². The van der Waals surface area contributed by atoms with E-state index in [2.05, 4.69) is 31.3 Å². The monoisotopic (exact) mass is 957 g/mol. The fraction of sp³-hybridized carbons (Fsp3) is 0.462. The molecule has 0 radical (unpaired) electrons. The lowest BCUT2D eigenvalue weighted by Gasteiger charge is -2.46. The standard InChI is InChI=1S/C52H54ClF2N9O5/c1-2-37-41(54)10-6-31-22-36(65)24-38(44(31)37)46-45(55)47-39(25-56-46)48(63-27-33-7-8-34(28-63)57-33)60-50(59-47)69-29-35-4-3-18-62(35)26-30-11-14-52(15-12-30)16-20-61(21-17-52)49(67)32-5-9-40(53)42(23-32)64-19-13-43(66)58-51(64)68/h1,5-6,9-10,22-25,30,33-35,57,65H,3-4,7-8,11-21,26-29H2,(H,58,66,68)/t33?,34?,35-/m0/s1. The van der Waals surface area contributed by atoms with Gasteiger partial charge in [0.15, 0.2) is 5.82 Å². The summed E-state index contributed by atoms with van der Waals surface area (Å²) < 4.78 is 38.7. The molecule has 3 aromatic carbocycles. The Morgan fingerprint density at radius 3 is 2.49 bits per heavy atom. The maximum atomic E-state index is 17.2. The average molecular weight is 959 g/mol. The first-order valence-corrected chi connectivity index (χ1v) is 24.7. The van der Waals surface area contributed by atoms with E-state index >= 15 is 8.78 Å². The minimum Gasteiger partial charge on any atom is -0.508 e. The summed E-state index contributed by atoms with van der Waals surface area (Å²) in [5, 5.41) is 18.2. The number of piperazine rings is 1. The molecule has 11 rings (SSSR count). The van der Waals surface area contributed by atoms with E-state index in [4.69, 9.17) is 32.7 Å². The van der Waals surface area contributed by atoms with Crippen LogP contribution in [0.5, 0.6) is 11.8 Å². The number of piperidine rings is 1. The Morgan fingerprint density at radius 2 is 1.74 bits per heavy atom. The molecule has 6 fully saturated rings. The molecule has 7 heterocycles. The number of hydrogen-bond acceptors (Lipinski definition) is 11. The Balaban J connectivity index is 0.761. The van der Waals surface area contributed by atoms with Crippen molar-refractivity contribution < 1.29 is 33.0 Å². The number of benzene rings is 3. The summed E-state index contributed by atoms with van der Waals surface area (Å²) in [7, 11) is 0. The Bertz CT molecular complexity index is 2920. The van der Waals surface area contributed by atoms with E-state index < -0.39 is 17.7 Å². The van der Waals surface area contributed by atoms with Crippen LogP contribution in [-0.4, -0.2) is 118 Å². The summed E-state index contributed by atoms with van der Waals surface area (Å²) in [5.41, 5.74) is 1.12. The fourth-order valence-electron chi connectivity index (χ4n) is 12.1. The number of pyridine rings is 1. The second-order valence-corrected chi connectivity index (χ2v) is 20.4. The number of anilines is 2. The van der Waals surface area contributed by atoms with E-state index in [1.54, 1.807) is 24.4 Å². The van der Waals surface area contributed by atoms with Crippen LogP contribution in [0, 0.1) is 35.3 Å². The number of aromatic hydroxyl groups is 1. The number of phenols is 1. The van der Waals surface area contributed by atoms with Crippen LogP contribution in [0.2, 0.25) is 5.02 Å². The minimum absolute atomic E-state index is 0.0257. The Kier molecular flexibility index (Phi) is 12.0. The molecular weight excluding hydrogens is 904 g/mol. The van der Waals surface area contributed by atoms with Crippen LogP contribution in [0.1, 0.15) is 86.6 Å². The lowest BCUT2D eigenvalue weighted by Crippen LogP contribution is -2.51. The highest BCUT2D eigenvalue weighted by atomic mass is 35.5. The molecule has 358 valence electrons. The van der Waals surface area contributed by atoms with E-state index in [9.17, 15) is 19.5 Å². The van der Waals surface area contributed by atoms with Gasteiger partial charge in [-0.1, -0.05) is 23.6 Å². The van der Waals surface area contributed by atoms with E-state index in [-0.39, 0.29) is 87.8 Å². The predicted octanol–water partition coefficient (Wildman–Crippen LogP) is 7.81. The lowest BCUT2D eigenvalue weighted by molar-refractivity contribution is -0.120. The second-order valence-electron chi connectivity index (χ2n) is 20.0. The number of carbonyl (C=O) groups is 3. The molecule has 14 nitrogen and oxygen atoms in total. The minimum atomic E-state index is -0.742. The molecule has 1 saturated carbocycles. The summed E-state index contributed by atoms with van der Waals surface area (Å²) in [6, 6.07) is 10.8. The average Bonchev–Trinajstić information content (AvgIpc) is 3.95. The number of likely N-dealkylation sites (tertiary alicyclic amines) is 2. The summed E-state index contributed by atoms with van der Waals surface area (Å²) in [6.07, 6.45) is 17.9. The van der Waals surface area contributed by atoms with Crippen LogP contribution in [0.25, 0.3) is 32.9 Å². The van der Waals surface area contributed by atoms with Gasteiger partial charge in [0, 0.05) is 86.5 Å². The maximum absolute atomic E-state index is 17.2. The van der Waals surface area contributed by atoms with Crippen molar-refractivity contribution in [2.45, 2.75) is 88.8 Å². The van der Waals surface area contributed by atoms with Gasteiger partial charge < -0.3 is 25.0 Å². The van der Waals surface area contributed by atoms with Gasteiger partial charge >= 0.3 is 12.0 Å². The third-order valence-corrected chi connectivity index (χ3v) is 16.1. The van der Waals surface area contributed by atoms with Gasteiger partial charge in [0.1, 0.15) is 35.2 Å². The zero-order valence-electron chi connectivity index (χ0n) is 38.3. The van der Waals surface area contributed by atoms with E-state index in [1.165, 1.54) is 29.2 Å². The molecule has 69 heavy (non-hydrogen) atoms. The van der Waals surface area contributed by atoms with Crippen molar-refractivity contribution >= 4 is 62.6 Å². The van der Waals surface area contributed by atoms with Gasteiger partial charge in [-0.15, -0.1) is 6.42 Å². The summed E-state index contributed by atoms with van der Waals surface area (Å²) in [4.78, 5) is 60.3. The number of rotatable bonds is 9. The van der Waals surface area contributed by atoms with Gasteiger partial charge in [0.05, 0.1) is 21.7 Å². The number of halogens is 3. The third kappa shape index (κ3) is 8.67. The van der Waals surface area contributed by atoms with E-state index in [1.807, 2.05) is 4.90 Å². The molecular formula is C52H54ClF2N9O5. The summed E-state index contributed by atoms with van der Waals surface area (Å²) in [5.74, 6) is 1.57.